The van der Waals surface area contributed by atoms with E-state index in [1.807, 2.05) is 49.4 Å². The van der Waals surface area contributed by atoms with E-state index in [-0.39, 0.29) is 11.8 Å². The molecule has 1 aromatic carbocycles. The van der Waals surface area contributed by atoms with Gasteiger partial charge in [-0.1, -0.05) is 30.3 Å². The normalized spacial score (nSPS) is 13.5. The van der Waals surface area contributed by atoms with Crippen molar-refractivity contribution in [1.82, 2.24) is 4.31 Å². The van der Waals surface area contributed by atoms with E-state index < -0.39 is 10.0 Å². The molecule has 5 heteroatoms. The van der Waals surface area contributed by atoms with Crippen molar-refractivity contribution < 1.29 is 12.8 Å². The minimum Gasteiger partial charge on any atom is -0.469 e. The van der Waals surface area contributed by atoms with E-state index in [1.165, 1.54) is 4.31 Å². The molecular formula is C16H21NO3S. The number of hydrogen-bond donors (Lipinski definition) is 0. The van der Waals surface area contributed by atoms with E-state index in [0.29, 0.717) is 0 Å². The monoisotopic (exact) mass is 307 g/mol. The molecule has 21 heavy (non-hydrogen) atoms. The van der Waals surface area contributed by atoms with Gasteiger partial charge in [0.15, 0.2) is 0 Å². The van der Waals surface area contributed by atoms with Crippen LogP contribution in [0.2, 0.25) is 0 Å². The molecule has 0 amide bonds. The molecule has 0 aliphatic heterocycles. The van der Waals surface area contributed by atoms with Crippen LogP contribution < -0.4 is 0 Å². The first kappa shape index (κ1) is 15.8. The van der Waals surface area contributed by atoms with Crippen molar-refractivity contribution in [1.29, 1.82) is 0 Å². The molecule has 0 spiro atoms. The van der Waals surface area contributed by atoms with Gasteiger partial charge >= 0.3 is 0 Å². The average molecular weight is 307 g/mol. The lowest BCUT2D eigenvalue weighted by molar-refractivity contribution is 0.360. The Morgan fingerprint density at radius 1 is 1.14 bits per heavy atom. The van der Waals surface area contributed by atoms with Gasteiger partial charge in [-0.3, -0.25) is 0 Å². The molecule has 4 nitrogen and oxygen atoms in total. The number of furan rings is 1. The van der Waals surface area contributed by atoms with E-state index in [9.17, 15) is 8.42 Å². The second-order valence-electron chi connectivity index (χ2n) is 5.23. The zero-order chi connectivity index (χ0) is 15.3. The summed E-state index contributed by atoms with van der Waals surface area (Å²) in [6.07, 6.45) is 3.10. The highest BCUT2D eigenvalue weighted by Crippen LogP contribution is 2.15. The van der Waals surface area contributed by atoms with E-state index in [1.54, 1.807) is 13.3 Å². The summed E-state index contributed by atoms with van der Waals surface area (Å²) in [5.41, 5.74) is 0.808. The number of benzene rings is 1. The number of sulfonamides is 1. The molecule has 0 N–H and O–H groups in total. The summed E-state index contributed by atoms with van der Waals surface area (Å²) in [5, 5.41) is 0. The van der Waals surface area contributed by atoms with E-state index in [4.69, 9.17) is 4.42 Å². The number of aryl methyl sites for hydroxylation is 1. The summed E-state index contributed by atoms with van der Waals surface area (Å²) < 4.78 is 31.5. The summed E-state index contributed by atoms with van der Waals surface area (Å²) in [4.78, 5) is 0. The van der Waals surface area contributed by atoms with Crippen LogP contribution in [0.25, 0.3) is 0 Å². The zero-order valence-electron chi connectivity index (χ0n) is 12.4. The third-order valence-electron chi connectivity index (χ3n) is 3.64. The summed E-state index contributed by atoms with van der Waals surface area (Å²) >= 11 is 0. The van der Waals surface area contributed by atoms with Crippen molar-refractivity contribution in [2.75, 3.05) is 7.05 Å². The summed E-state index contributed by atoms with van der Waals surface area (Å²) in [5.74, 6) is 0.922. The Balaban J connectivity index is 1.95. The topological polar surface area (TPSA) is 50.5 Å². The molecule has 0 saturated carbocycles. The Hall–Kier alpha value is -1.59. The van der Waals surface area contributed by atoms with E-state index >= 15 is 0 Å². The molecule has 1 atom stereocenters. The molecule has 114 valence electrons. The van der Waals surface area contributed by atoms with Gasteiger partial charge < -0.3 is 4.42 Å². The number of nitrogens with zero attached hydrogens (tertiary/aromatic N) is 1. The van der Waals surface area contributed by atoms with Gasteiger partial charge in [0.05, 0.1) is 12.0 Å². The number of rotatable bonds is 7. The van der Waals surface area contributed by atoms with Crippen molar-refractivity contribution in [2.45, 2.75) is 31.6 Å². The van der Waals surface area contributed by atoms with Gasteiger partial charge in [0, 0.05) is 19.5 Å². The van der Waals surface area contributed by atoms with Crippen LogP contribution >= 0.6 is 0 Å². The lowest BCUT2D eigenvalue weighted by Crippen LogP contribution is -2.36. The van der Waals surface area contributed by atoms with Gasteiger partial charge in [-0.15, -0.1) is 0 Å². The summed E-state index contributed by atoms with van der Waals surface area (Å²) in [7, 11) is -1.66. The van der Waals surface area contributed by atoms with Crippen LogP contribution in [0.1, 0.15) is 24.7 Å². The predicted octanol–water partition coefficient (Wildman–Crippen LogP) is 3.06. The van der Waals surface area contributed by atoms with Crippen LogP contribution in [-0.2, 0) is 22.2 Å². The van der Waals surface area contributed by atoms with Gasteiger partial charge in [0.2, 0.25) is 10.0 Å². The molecule has 0 radical (unpaired) electrons. The molecule has 1 unspecified atom stereocenters. The predicted molar refractivity (Wildman–Crippen MR) is 83.3 cm³/mol. The van der Waals surface area contributed by atoms with Crippen LogP contribution in [0.5, 0.6) is 0 Å². The Bertz CT molecular complexity index is 635. The van der Waals surface area contributed by atoms with Crippen LogP contribution in [-0.4, -0.2) is 25.8 Å². The summed E-state index contributed by atoms with van der Waals surface area (Å²) in [6, 6.07) is 12.9. The summed E-state index contributed by atoms with van der Waals surface area (Å²) in [6.45, 7) is 1.92. The van der Waals surface area contributed by atoms with Crippen molar-refractivity contribution >= 4 is 10.0 Å². The van der Waals surface area contributed by atoms with E-state index in [2.05, 4.69) is 0 Å². The van der Waals surface area contributed by atoms with Crippen molar-refractivity contribution in [2.24, 2.45) is 0 Å². The van der Waals surface area contributed by atoms with Gasteiger partial charge in [-0.05, 0) is 31.0 Å². The van der Waals surface area contributed by atoms with Gasteiger partial charge in [0.25, 0.3) is 0 Å². The molecule has 2 aromatic rings. The van der Waals surface area contributed by atoms with Gasteiger partial charge in [0.1, 0.15) is 5.76 Å². The molecule has 0 aliphatic carbocycles. The van der Waals surface area contributed by atoms with Gasteiger partial charge in [-0.2, -0.15) is 0 Å². The first-order valence-corrected chi connectivity index (χ1v) is 8.62. The standard InChI is InChI=1S/C16H21NO3S/c1-14(10-11-16-9-6-12-20-16)17(2)21(18,19)13-15-7-4-3-5-8-15/h3-9,12,14H,10-11,13H2,1-2H3. The average Bonchev–Trinajstić information content (AvgIpc) is 2.98. The van der Waals surface area contributed by atoms with Crippen LogP contribution in [0.15, 0.2) is 53.1 Å². The highest BCUT2D eigenvalue weighted by molar-refractivity contribution is 7.88. The van der Waals surface area contributed by atoms with Crippen molar-refractivity contribution in [3.05, 3.63) is 60.1 Å². The van der Waals surface area contributed by atoms with Crippen molar-refractivity contribution in [3.8, 4) is 0 Å². The quantitative estimate of drug-likeness (QED) is 0.790. The third kappa shape index (κ3) is 4.44. The third-order valence-corrected chi connectivity index (χ3v) is 5.58. The maximum Gasteiger partial charge on any atom is 0.218 e. The second kappa shape index (κ2) is 6.91. The molecule has 0 saturated heterocycles. The highest BCUT2D eigenvalue weighted by atomic mass is 32.2. The first-order valence-electron chi connectivity index (χ1n) is 7.01. The maximum atomic E-state index is 12.4. The molecule has 0 fully saturated rings. The van der Waals surface area contributed by atoms with E-state index in [0.717, 1.165) is 24.2 Å². The number of hydrogen-bond acceptors (Lipinski definition) is 3. The first-order chi connectivity index (χ1) is 9.99. The Labute approximate surface area is 126 Å². The fourth-order valence-corrected chi connectivity index (χ4v) is 3.62. The van der Waals surface area contributed by atoms with Crippen LogP contribution in [0.4, 0.5) is 0 Å². The Morgan fingerprint density at radius 2 is 1.86 bits per heavy atom. The van der Waals surface area contributed by atoms with Crippen molar-refractivity contribution in [3.63, 3.8) is 0 Å². The molecular weight excluding hydrogens is 286 g/mol. The van der Waals surface area contributed by atoms with Crippen LogP contribution in [0, 0.1) is 0 Å². The lowest BCUT2D eigenvalue weighted by atomic mass is 10.1. The fraction of sp³-hybridized carbons (Fsp3) is 0.375. The molecule has 0 aliphatic rings. The minimum absolute atomic E-state index is 0.0371. The smallest absolute Gasteiger partial charge is 0.218 e. The van der Waals surface area contributed by atoms with Gasteiger partial charge in [-0.25, -0.2) is 12.7 Å². The SMILES string of the molecule is CC(CCc1ccco1)N(C)S(=O)(=O)Cc1ccccc1. The zero-order valence-corrected chi connectivity index (χ0v) is 13.2. The molecule has 1 heterocycles. The second-order valence-corrected chi connectivity index (χ2v) is 7.25. The van der Waals surface area contributed by atoms with Crippen LogP contribution in [0.3, 0.4) is 0 Å². The Morgan fingerprint density at radius 3 is 2.48 bits per heavy atom. The molecule has 1 aromatic heterocycles. The molecule has 0 bridgehead atoms. The Kier molecular flexibility index (Phi) is 5.20. The highest BCUT2D eigenvalue weighted by Gasteiger charge is 2.23. The maximum absolute atomic E-state index is 12.4. The minimum atomic E-state index is -3.30. The largest absolute Gasteiger partial charge is 0.469 e. The lowest BCUT2D eigenvalue weighted by Gasteiger charge is -2.24. The molecule has 2 rings (SSSR count). The fourth-order valence-electron chi connectivity index (χ4n) is 2.15.